The number of ether oxygens (including phenoxy) is 1. The highest BCUT2D eigenvalue weighted by molar-refractivity contribution is 5.98. The van der Waals surface area contributed by atoms with Crippen LogP contribution in [0.25, 0.3) is 0 Å². The lowest BCUT2D eigenvalue weighted by Crippen LogP contribution is -2.59. The van der Waals surface area contributed by atoms with Crippen LogP contribution in [0.1, 0.15) is 53.4 Å². The average Bonchev–Trinajstić information content (AvgIpc) is 3.36. The summed E-state index contributed by atoms with van der Waals surface area (Å²) in [6.45, 7) is 8.90. The van der Waals surface area contributed by atoms with Crippen molar-refractivity contribution in [3.63, 3.8) is 0 Å². The van der Waals surface area contributed by atoms with Crippen LogP contribution < -0.4 is 16.0 Å². The van der Waals surface area contributed by atoms with Crippen molar-refractivity contribution < 1.29 is 50.3 Å². The fourth-order valence-corrected chi connectivity index (χ4v) is 4.13. The predicted octanol–water partition coefficient (Wildman–Crippen LogP) is 4.03. The molecule has 3 amide bonds. The van der Waals surface area contributed by atoms with Crippen molar-refractivity contribution in [1.82, 2.24) is 16.0 Å². The van der Waals surface area contributed by atoms with Crippen molar-refractivity contribution in [2.75, 3.05) is 7.11 Å². The molecule has 40 heavy (non-hydrogen) atoms. The Hall–Kier alpha value is -3.32. The molecule has 1 rings (SSSR count). The van der Waals surface area contributed by atoms with E-state index in [1.807, 2.05) is 10.6 Å². The van der Waals surface area contributed by atoms with Crippen molar-refractivity contribution >= 4 is 23.5 Å². The van der Waals surface area contributed by atoms with Gasteiger partial charge in [0.15, 0.2) is 0 Å². The molecule has 0 bridgehead atoms. The predicted molar refractivity (Wildman–Crippen MR) is 133 cm³/mol. The van der Waals surface area contributed by atoms with E-state index in [1.165, 1.54) is 39.2 Å². The quantitative estimate of drug-likeness (QED) is 0.182. The van der Waals surface area contributed by atoms with Crippen molar-refractivity contribution in [2.45, 2.75) is 83.9 Å². The second kappa shape index (κ2) is 13.8. The number of methoxy groups -OCH3 is 1. The summed E-state index contributed by atoms with van der Waals surface area (Å²) in [7, 11) is 1.34. The molecular weight excluding hydrogens is 548 g/mol. The Balaban J connectivity index is 3.24. The lowest BCUT2D eigenvalue weighted by Gasteiger charge is -2.31. The Kier molecular flexibility index (Phi) is 12.0. The maximum Gasteiger partial charge on any atom is 0.452 e. The van der Waals surface area contributed by atoms with Gasteiger partial charge in [-0.2, -0.15) is 26.3 Å². The minimum Gasteiger partial charge on any atom is -0.497 e. The first-order valence-corrected chi connectivity index (χ1v) is 12.5. The highest BCUT2D eigenvalue weighted by Gasteiger charge is 2.61. The number of alkyl halides is 6. The molecule has 226 valence electrons. The van der Waals surface area contributed by atoms with Crippen LogP contribution in [-0.2, 0) is 23.9 Å². The van der Waals surface area contributed by atoms with E-state index in [0.29, 0.717) is 5.76 Å². The molecule has 14 heteroatoms. The Morgan fingerprint density at radius 1 is 0.900 bits per heavy atom. The van der Waals surface area contributed by atoms with Gasteiger partial charge in [0.1, 0.15) is 23.3 Å². The van der Waals surface area contributed by atoms with Crippen molar-refractivity contribution in [1.29, 1.82) is 0 Å². The van der Waals surface area contributed by atoms with Gasteiger partial charge in [-0.25, -0.2) is 0 Å². The van der Waals surface area contributed by atoms with E-state index in [0.717, 1.165) is 6.92 Å². The molecule has 0 saturated heterocycles. The van der Waals surface area contributed by atoms with Crippen LogP contribution in [0.15, 0.2) is 36.1 Å². The summed E-state index contributed by atoms with van der Waals surface area (Å²) in [4.78, 5) is 50.5. The number of hydrogen-bond acceptors (Lipinski definition) is 5. The monoisotopic (exact) mass is 583 g/mol. The molecule has 0 aromatic carbocycles. The Labute approximate surface area is 228 Å². The van der Waals surface area contributed by atoms with Gasteiger partial charge in [-0.3, -0.25) is 19.2 Å². The molecule has 1 saturated carbocycles. The molecule has 0 aliphatic heterocycles. The van der Waals surface area contributed by atoms with Gasteiger partial charge in [0.2, 0.25) is 17.7 Å². The maximum absolute atomic E-state index is 13.7. The van der Waals surface area contributed by atoms with Gasteiger partial charge in [0.25, 0.3) is 5.78 Å². The molecule has 0 aromatic rings. The van der Waals surface area contributed by atoms with Crippen LogP contribution in [0.2, 0.25) is 0 Å². The molecule has 8 nitrogen and oxygen atoms in total. The van der Waals surface area contributed by atoms with E-state index in [-0.39, 0.29) is 18.4 Å². The average molecular weight is 584 g/mol. The fourth-order valence-electron chi connectivity index (χ4n) is 4.13. The van der Waals surface area contributed by atoms with Gasteiger partial charge < -0.3 is 20.7 Å². The zero-order valence-electron chi connectivity index (χ0n) is 22.9. The summed E-state index contributed by atoms with van der Waals surface area (Å²) in [5.74, 6) is -6.65. The number of hydrogen-bond donors (Lipinski definition) is 3. The number of ketones is 1. The number of Topliss-reactive ketones (excluding diaryl/α,β-unsaturated/α-hetero) is 1. The molecular formula is C26H35F6N3O5. The van der Waals surface area contributed by atoms with Crippen LogP contribution in [0, 0.1) is 11.3 Å². The van der Waals surface area contributed by atoms with Crippen molar-refractivity contribution in [3.05, 3.63) is 36.1 Å². The highest BCUT2D eigenvalue weighted by Crippen LogP contribution is 2.50. The molecule has 0 aromatic heterocycles. The Bertz CT molecular complexity index is 1030. The fraction of sp³-hybridized carbons (Fsp3) is 0.615. The van der Waals surface area contributed by atoms with Crippen LogP contribution in [0.4, 0.5) is 26.3 Å². The summed E-state index contributed by atoms with van der Waals surface area (Å²) in [6.07, 6.45) is -6.56. The van der Waals surface area contributed by atoms with E-state index < -0.39 is 78.2 Å². The van der Waals surface area contributed by atoms with Gasteiger partial charge in [0, 0.05) is 0 Å². The zero-order valence-corrected chi connectivity index (χ0v) is 22.9. The third-order valence-electron chi connectivity index (χ3n) is 6.60. The Morgan fingerprint density at radius 3 is 1.88 bits per heavy atom. The van der Waals surface area contributed by atoms with Gasteiger partial charge in [0.05, 0.1) is 13.2 Å². The van der Waals surface area contributed by atoms with Crippen LogP contribution in [-0.4, -0.2) is 61.1 Å². The van der Waals surface area contributed by atoms with E-state index in [1.54, 1.807) is 6.92 Å². The molecule has 0 spiro atoms. The molecule has 0 heterocycles. The second-order valence-electron chi connectivity index (χ2n) is 9.82. The Morgan fingerprint density at radius 2 is 1.45 bits per heavy atom. The summed E-state index contributed by atoms with van der Waals surface area (Å²) in [6, 6.07) is -5.33. The first-order valence-electron chi connectivity index (χ1n) is 12.5. The van der Waals surface area contributed by atoms with E-state index in [2.05, 4.69) is 11.9 Å². The smallest absolute Gasteiger partial charge is 0.452 e. The molecule has 0 unspecified atom stereocenters. The van der Waals surface area contributed by atoms with Crippen molar-refractivity contribution in [3.8, 4) is 0 Å². The number of carbonyl (C=O) groups excluding carboxylic acids is 4. The van der Waals surface area contributed by atoms with Crippen molar-refractivity contribution in [2.24, 2.45) is 11.3 Å². The first-order chi connectivity index (χ1) is 18.3. The first kappa shape index (κ1) is 34.7. The summed E-state index contributed by atoms with van der Waals surface area (Å²) in [5, 5.41) is 6.21. The largest absolute Gasteiger partial charge is 0.497 e. The molecule has 1 aliphatic rings. The van der Waals surface area contributed by atoms with Crippen LogP contribution >= 0.6 is 0 Å². The van der Waals surface area contributed by atoms with Crippen LogP contribution in [0.3, 0.4) is 0 Å². The third kappa shape index (κ3) is 8.59. The molecule has 1 aliphatic carbocycles. The number of amides is 3. The number of nitrogens with one attached hydrogen (secondary N) is 3. The number of allylic oxidation sites excluding steroid dienone is 2. The van der Waals surface area contributed by atoms with E-state index >= 15 is 0 Å². The number of halogens is 6. The lowest BCUT2D eigenvalue weighted by molar-refractivity contribution is -0.220. The molecule has 0 radical (unpaired) electrons. The topological polar surface area (TPSA) is 114 Å². The highest BCUT2D eigenvalue weighted by atomic mass is 19.4. The summed E-state index contributed by atoms with van der Waals surface area (Å²) >= 11 is 0. The van der Waals surface area contributed by atoms with Gasteiger partial charge in [-0.05, 0) is 50.3 Å². The second-order valence-corrected chi connectivity index (χ2v) is 9.82. The number of carbonyl (C=O) groups is 4. The zero-order chi connectivity index (χ0) is 31.1. The summed E-state index contributed by atoms with van der Waals surface area (Å²) < 4.78 is 85.5. The lowest BCUT2D eigenvalue weighted by atomic mass is 9.84. The molecule has 3 N–H and O–H groups in total. The van der Waals surface area contributed by atoms with Gasteiger partial charge in [-0.15, -0.1) is 0 Å². The van der Waals surface area contributed by atoms with E-state index in [9.17, 15) is 45.5 Å². The summed E-state index contributed by atoms with van der Waals surface area (Å²) in [5.41, 5.74) is -2.82. The molecule has 1 fully saturated rings. The molecule has 3 atom stereocenters. The standard InChI is InChI=1S/C26H35F6N3O5/c1-7-17(40-6)11-10-15(4)19(22(38)34-18(14(2)3)20(36)25(27,28)29)35-21(37)16(5)33-23(39)24(26(30,31)32)12-8-9-13-24/h7,10-11,14,16,18-19H,4,8-9,12-13H2,1-3,5-6H3,(H,33,39)(H,34,38)(H,35,37)/b11-10-,17-7+/t16-,18-,19-/m0/s1. The van der Waals surface area contributed by atoms with Gasteiger partial charge >= 0.3 is 12.4 Å². The minimum absolute atomic E-state index is 0.162. The minimum atomic E-state index is -5.26. The van der Waals surface area contributed by atoms with Gasteiger partial charge in [-0.1, -0.05) is 39.3 Å². The third-order valence-corrected chi connectivity index (χ3v) is 6.60. The number of rotatable bonds is 12. The van der Waals surface area contributed by atoms with E-state index in [4.69, 9.17) is 4.74 Å². The van der Waals surface area contributed by atoms with Crippen LogP contribution in [0.5, 0.6) is 0 Å². The normalized spacial score (nSPS) is 18.1. The SMILES string of the molecule is C=C(/C=C\C(=C/C)OC)[C@H](NC(=O)[C@H](C)NC(=O)C1(C(F)(F)F)CCCC1)C(=O)N[C@H](C(=O)C(F)(F)F)C(C)C. The maximum atomic E-state index is 13.7.